The third-order valence-corrected chi connectivity index (χ3v) is 6.81. The van der Waals surface area contributed by atoms with Gasteiger partial charge in [0.05, 0.1) is 6.04 Å². The van der Waals surface area contributed by atoms with E-state index in [1.165, 1.54) is 31.2 Å². The Morgan fingerprint density at radius 1 is 0.821 bits per heavy atom. The van der Waals surface area contributed by atoms with Crippen LogP contribution in [0, 0.1) is 12.8 Å². The van der Waals surface area contributed by atoms with E-state index in [4.69, 9.17) is 0 Å². The van der Waals surface area contributed by atoms with Gasteiger partial charge >= 0.3 is 0 Å². The Kier molecular flexibility index (Phi) is 6.00. The van der Waals surface area contributed by atoms with E-state index in [1.807, 2.05) is 36.1 Å². The summed E-state index contributed by atoms with van der Waals surface area (Å²) in [6.45, 7) is 6.92. The van der Waals surface area contributed by atoms with Gasteiger partial charge in [-0.25, -0.2) is 0 Å². The standard InChI is InChI=1S/C23H33N3O2/c1-18-8-10-20(11-9-18)22(27)26-16-14-24(15-17-26)21(19-6-2-3-7-19)23(28)25-12-4-5-13-25/h8-11,19,21H,2-7,12-17H2,1H3/t21-/m0/s1. The van der Waals surface area contributed by atoms with Crippen LogP contribution in [0.5, 0.6) is 0 Å². The van der Waals surface area contributed by atoms with Gasteiger partial charge in [-0.15, -0.1) is 0 Å². The van der Waals surface area contributed by atoms with Crippen molar-refractivity contribution in [2.24, 2.45) is 5.92 Å². The minimum atomic E-state index is 0.0252. The quantitative estimate of drug-likeness (QED) is 0.803. The molecule has 2 heterocycles. The molecule has 1 aromatic carbocycles. The van der Waals surface area contributed by atoms with Gasteiger partial charge in [-0.3, -0.25) is 14.5 Å². The predicted octanol–water partition coefficient (Wildman–Crippen LogP) is 2.93. The minimum absolute atomic E-state index is 0.0252. The Labute approximate surface area is 168 Å². The number of carbonyl (C=O) groups excluding carboxylic acids is 2. The maximum atomic E-state index is 13.3. The van der Waals surface area contributed by atoms with Gasteiger partial charge in [-0.1, -0.05) is 30.5 Å². The van der Waals surface area contributed by atoms with Crippen molar-refractivity contribution in [3.8, 4) is 0 Å². The zero-order chi connectivity index (χ0) is 19.5. The Balaban J connectivity index is 1.41. The van der Waals surface area contributed by atoms with Crippen molar-refractivity contribution in [1.29, 1.82) is 0 Å². The van der Waals surface area contributed by atoms with Crippen molar-refractivity contribution < 1.29 is 9.59 Å². The van der Waals surface area contributed by atoms with E-state index < -0.39 is 0 Å². The van der Waals surface area contributed by atoms with E-state index in [9.17, 15) is 9.59 Å². The Bertz CT molecular complexity index is 682. The molecule has 1 aliphatic carbocycles. The first kappa shape index (κ1) is 19.4. The van der Waals surface area contributed by atoms with Crippen LogP contribution in [0.25, 0.3) is 0 Å². The third-order valence-electron chi connectivity index (χ3n) is 6.81. The summed E-state index contributed by atoms with van der Waals surface area (Å²) >= 11 is 0. The SMILES string of the molecule is Cc1ccc(C(=O)N2CCN([C@H](C(=O)N3CCCC3)C3CCCC3)CC2)cc1. The van der Waals surface area contributed by atoms with Gasteiger partial charge in [0.1, 0.15) is 0 Å². The summed E-state index contributed by atoms with van der Waals surface area (Å²) in [7, 11) is 0. The Morgan fingerprint density at radius 3 is 2.04 bits per heavy atom. The van der Waals surface area contributed by atoms with Gasteiger partial charge in [-0.2, -0.15) is 0 Å². The topological polar surface area (TPSA) is 43.9 Å². The average molecular weight is 384 g/mol. The first-order valence-electron chi connectivity index (χ1n) is 11.0. The van der Waals surface area contributed by atoms with Crippen LogP contribution in [0.15, 0.2) is 24.3 Å². The van der Waals surface area contributed by atoms with Crippen LogP contribution >= 0.6 is 0 Å². The van der Waals surface area contributed by atoms with Crippen LogP contribution in [0.4, 0.5) is 0 Å². The lowest BCUT2D eigenvalue weighted by atomic mass is 9.94. The molecule has 0 unspecified atom stereocenters. The first-order valence-corrected chi connectivity index (χ1v) is 11.0. The van der Waals surface area contributed by atoms with E-state index in [0.29, 0.717) is 24.9 Å². The molecule has 3 aliphatic rings. The fourth-order valence-electron chi connectivity index (χ4n) is 5.14. The lowest BCUT2D eigenvalue weighted by Crippen LogP contribution is -2.58. The van der Waals surface area contributed by atoms with E-state index >= 15 is 0 Å². The zero-order valence-electron chi connectivity index (χ0n) is 17.1. The zero-order valence-corrected chi connectivity index (χ0v) is 17.1. The van der Waals surface area contributed by atoms with E-state index in [1.54, 1.807) is 0 Å². The highest BCUT2D eigenvalue weighted by Crippen LogP contribution is 2.32. The molecule has 0 spiro atoms. The second-order valence-corrected chi connectivity index (χ2v) is 8.72. The normalized spacial score (nSPS) is 22.6. The van der Waals surface area contributed by atoms with Gasteiger partial charge in [-0.05, 0) is 50.7 Å². The summed E-state index contributed by atoms with van der Waals surface area (Å²) in [5, 5.41) is 0. The number of piperazine rings is 1. The lowest BCUT2D eigenvalue weighted by molar-refractivity contribution is -0.138. The van der Waals surface area contributed by atoms with Crippen molar-refractivity contribution in [3.05, 3.63) is 35.4 Å². The Morgan fingerprint density at radius 2 is 1.43 bits per heavy atom. The van der Waals surface area contributed by atoms with Crippen LogP contribution in [0.1, 0.15) is 54.4 Å². The molecular formula is C23H33N3O2. The second kappa shape index (κ2) is 8.64. The number of hydrogen-bond acceptors (Lipinski definition) is 3. The highest BCUT2D eigenvalue weighted by atomic mass is 16.2. The highest BCUT2D eigenvalue weighted by molar-refractivity contribution is 5.94. The molecule has 5 heteroatoms. The van der Waals surface area contributed by atoms with E-state index in [0.717, 1.165) is 44.6 Å². The number of benzene rings is 1. The molecule has 5 nitrogen and oxygen atoms in total. The summed E-state index contributed by atoms with van der Waals surface area (Å²) in [6, 6.07) is 7.85. The van der Waals surface area contributed by atoms with Gasteiger partial charge in [0.2, 0.25) is 5.91 Å². The smallest absolute Gasteiger partial charge is 0.253 e. The van der Waals surface area contributed by atoms with E-state index in [2.05, 4.69) is 9.80 Å². The molecule has 0 N–H and O–H groups in total. The number of likely N-dealkylation sites (tertiary alicyclic amines) is 1. The molecule has 2 amide bonds. The van der Waals surface area contributed by atoms with E-state index in [-0.39, 0.29) is 11.9 Å². The molecule has 0 aromatic heterocycles. The number of rotatable bonds is 4. The molecule has 3 fully saturated rings. The molecule has 2 saturated heterocycles. The number of hydrogen-bond donors (Lipinski definition) is 0. The van der Waals surface area contributed by atoms with Crippen LogP contribution in [0.2, 0.25) is 0 Å². The van der Waals surface area contributed by atoms with Crippen LogP contribution < -0.4 is 0 Å². The molecule has 152 valence electrons. The van der Waals surface area contributed by atoms with Crippen molar-refractivity contribution in [2.75, 3.05) is 39.3 Å². The number of amides is 2. The molecule has 4 rings (SSSR count). The van der Waals surface area contributed by atoms with Crippen LogP contribution in [0.3, 0.4) is 0 Å². The van der Waals surface area contributed by atoms with Crippen molar-refractivity contribution in [2.45, 2.75) is 51.5 Å². The summed E-state index contributed by atoms with van der Waals surface area (Å²) in [6.07, 6.45) is 7.13. The fourth-order valence-corrected chi connectivity index (χ4v) is 5.14. The molecule has 0 bridgehead atoms. The second-order valence-electron chi connectivity index (χ2n) is 8.72. The summed E-state index contributed by atoms with van der Waals surface area (Å²) in [5.41, 5.74) is 1.93. The van der Waals surface area contributed by atoms with Crippen LogP contribution in [-0.4, -0.2) is 71.8 Å². The maximum Gasteiger partial charge on any atom is 0.253 e. The van der Waals surface area contributed by atoms with Gasteiger partial charge in [0, 0.05) is 44.8 Å². The first-order chi connectivity index (χ1) is 13.6. The lowest BCUT2D eigenvalue weighted by Gasteiger charge is -2.42. The summed E-state index contributed by atoms with van der Waals surface area (Å²) in [5.74, 6) is 0.957. The van der Waals surface area contributed by atoms with Gasteiger partial charge < -0.3 is 9.80 Å². The largest absolute Gasteiger partial charge is 0.341 e. The maximum absolute atomic E-state index is 13.3. The van der Waals surface area contributed by atoms with Crippen molar-refractivity contribution in [3.63, 3.8) is 0 Å². The number of carbonyl (C=O) groups is 2. The summed E-state index contributed by atoms with van der Waals surface area (Å²) < 4.78 is 0. The summed E-state index contributed by atoms with van der Waals surface area (Å²) in [4.78, 5) is 32.5. The fraction of sp³-hybridized carbons (Fsp3) is 0.652. The van der Waals surface area contributed by atoms with Crippen molar-refractivity contribution in [1.82, 2.24) is 14.7 Å². The molecule has 1 atom stereocenters. The van der Waals surface area contributed by atoms with Crippen LogP contribution in [-0.2, 0) is 4.79 Å². The predicted molar refractivity (Wildman–Crippen MR) is 110 cm³/mol. The molecular weight excluding hydrogens is 350 g/mol. The average Bonchev–Trinajstić information content (AvgIpc) is 3.43. The molecule has 2 aliphatic heterocycles. The van der Waals surface area contributed by atoms with Crippen molar-refractivity contribution >= 4 is 11.8 Å². The highest BCUT2D eigenvalue weighted by Gasteiger charge is 2.39. The van der Waals surface area contributed by atoms with Gasteiger partial charge in [0.25, 0.3) is 5.91 Å². The molecule has 1 saturated carbocycles. The molecule has 28 heavy (non-hydrogen) atoms. The monoisotopic (exact) mass is 383 g/mol. The number of aryl methyl sites for hydroxylation is 1. The van der Waals surface area contributed by atoms with Gasteiger partial charge in [0.15, 0.2) is 0 Å². The Hall–Kier alpha value is -1.88. The molecule has 0 radical (unpaired) electrons. The minimum Gasteiger partial charge on any atom is -0.341 e. The third kappa shape index (κ3) is 4.09. The number of nitrogens with zero attached hydrogens (tertiary/aromatic N) is 3. The molecule has 1 aromatic rings.